The Kier molecular flexibility index (Phi) is 4.67. The number of halogens is 7. The van der Waals surface area contributed by atoms with Gasteiger partial charge < -0.3 is 0 Å². The topological polar surface area (TPSA) is 0 Å². The largest absolute Gasteiger partial charge is 0.460 e. The van der Waals surface area contributed by atoms with Gasteiger partial charge in [0.15, 0.2) is 6.54 Å². The van der Waals surface area contributed by atoms with Crippen molar-refractivity contribution in [1.29, 1.82) is 0 Å². The fraction of sp³-hybridized carbons (Fsp3) is 0.600. The molecule has 23 heavy (non-hydrogen) atoms. The van der Waals surface area contributed by atoms with Gasteiger partial charge in [0.25, 0.3) is 0 Å². The average Bonchev–Trinajstić information content (AvgIpc) is 2.47. The molecule has 0 spiro atoms. The van der Waals surface area contributed by atoms with Crippen molar-refractivity contribution in [3.05, 3.63) is 30.3 Å². The number of likely N-dealkylation sites (tertiary alicyclic amines) is 1. The molecule has 1 saturated heterocycles. The van der Waals surface area contributed by atoms with E-state index in [-0.39, 0.29) is 13.1 Å². The smallest absolute Gasteiger partial charge is 0.286 e. The third-order valence-electron chi connectivity index (χ3n) is 4.29. The first kappa shape index (κ1) is 18.0. The van der Waals surface area contributed by atoms with Crippen molar-refractivity contribution in [2.45, 2.75) is 37.3 Å². The normalized spacial score (nSPS) is 19.6. The van der Waals surface area contributed by atoms with Gasteiger partial charge in [-0.2, -0.15) is 30.7 Å². The number of hydrogen-bond donors (Lipinski definition) is 0. The second-order valence-electron chi connectivity index (χ2n) is 5.92. The summed E-state index contributed by atoms with van der Waals surface area (Å²) in [7, 11) is 0. The quantitative estimate of drug-likeness (QED) is 0.532. The van der Waals surface area contributed by atoms with E-state index >= 15 is 0 Å². The fourth-order valence-electron chi connectivity index (χ4n) is 3.06. The number of nitrogens with zero attached hydrogens (tertiary/aromatic N) is 1. The molecule has 0 atom stereocenters. The summed E-state index contributed by atoms with van der Waals surface area (Å²) in [6, 6.07) is 7.74. The molecule has 0 amide bonds. The molecule has 1 nitrogen and oxygen atoms in total. The van der Waals surface area contributed by atoms with E-state index in [9.17, 15) is 30.7 Å². The molecule has 1 aliphatic heterocycles. The summed E-state index contributed by atoms with van der Waals surface area (Å²) in [5.74, 6) is -11.2. The van der Waals surface area contributed by atoms with Gasteiger partial charge >= 0.3 is 18.0 Å². The highest BCUT2D eigenvalue weighted by atomic mass is 19.4. The molecule has 0 bridgehead atoms. The second-order valence-corrected chi connectivity index (χ2v) is 5.92. The van der Waals surface area contributed by atoms with Crippen molar-refractivity contribution in [2.24, 2.45) is 0 Å². The maximum absolute atomic E-state index is 13.9. The Hall–Kier alpha value is -1.31. The third kappa shape index (κ3) is 3.32. The van der Waals surface area contributed by atoms with E-state index in [0.717, 1.165) is 6.42 Å². The summed E-state index contributed by atoms with van der Waals surface area (Å²) in [4.78, 5) is 0. The molecule has 1 fully saturated rings. The molecule has 0 radical (unpaired) electrons. The number of quaternary nitrogens is 1. The summed E-state index contributed by atoms with van der Waals surface area (Å²) >= 11 is 0. The van der Waals surface area contributed by atoms with Gasteiger partial charge in [0.1, 0.15) is 5.69 Å². The van der Waals surface area contributed by atoms with Crippen LogP contribution in [-0.2, 0) is 0 Å². The van der Waals surface area contributed by atoms with Crippen LogP contribution >= 0.6 is 0 Å². The van der Waals surface area contributed by atoms with Crippen LogP contribution in [0.15, 0.2) is 30.3 Å². The molecule has 0 aliphatic carbocycles. The molecule has 1 heterocycles. The van der Waals surface area contributed by atoms with Crippen molar-refractivity contribution < 1.29 is 30.7 Å². The first-order valence-corrected chi connectivity index (χ1v) is 7.26. The molecular weight excluding hydrogens is 327 g/mol. The van der Waals surface area contributed by atoms with Crippen LogP contribution in [-0.4, -0.2) is 37.7 Å². The fourth-order valence-corrected chi connectivity index (χ4v) is 3.06. The number of hydrogen-bond acceptors (Lipinski definition) is 0. The maximum Gasteiger partial charge on any atom is 0.460 e. The minimum Gasteiger partial charge on any atom is -0.286 e. The lowest BCUT2D eigenvalue weighted by atomic mass is 10.0. The second kappa shape index (κ2) is 5.96. The Morgan fingerprint density at radius 1 is 0.783 bits per heavy atom. The third-order valence-corrected chi connectivity index (χ3v) is 4.29. The average molecular weight is 344 g/mol. The van der Waals surface area contributed by atoms with Gasteiger partial charge in [-0.15, -0.1) is 0 Å². The molecule has 2 rings (SSSR count). The van der Waals surface area contributed by atoms with Gasteiger partial charge in [0.2, 0.25) is 0 Å². The number of alkyl halides is 7. The van der Waals surface area contributed by atoms with Crippen LogP contribution in [0.1, 0.15) is 19.3 Å². The SMILES string of the molecule is FC(F)(F)C(F)(F)C(F)(F)C[N+]1(c2ccccc2)CCCCC1. The van der Waals surface area contributed by atoms with Crippen LogP contribution in [0.4, 0.5) is 36.4 Å². The van der Waals surface area contributed by atoms with Crippen molar-refractivity contribution in [2.75, 3.05) is 19.6 Å². The van der Waals surface area contributed by atoms with E-state index < -0.39 is 29.0 Å². The van der Waals surface area contributed by atoms with E-state index in [1.807, 2.05) is 0 Å². The summed E-state index contributed by atoms with van der Waals surface area (Å²) in [5, 5.41) is 0. The van der Waals surface area contributed by atoms with Crippen LogP contribution in [0.2, 0.25) is 0 Å². The summed E-state index contributed by atoms with van der Waals surface area (Å²) < 4.78 is 90.9. The van der Waals surface area contributed by atoms with Crippen LogP contribution < -0.4 is 4.48 Å². The zero-order chi connectivity index (χ0) is 17.4. The van der Waals surface area contributed by atoms with Crippen molar-refractivity contribution in [3.8, 4) is 0 Å². The van der Waals surface area contributed by atoms with Gasteiger partial charge in [-0.1, -0.05) is 18.2 Å². The van der Waals surface area contributed by atoms with Crippen LogP contribution in [0.25, 0.3) is 0 Å². The van der Waals surface area contributed by atoms with Crippen molar-refractivity contribution in [3.63, 3.8) is 0 Å². The Morgan fingerprint density at radius 2 is 1.30 bits per heavy atom. The molecule has 0 saturated carbocycles. The molecule has 1 aromatic carbocycles. The van der Waals surface area contributed by atoms with E-state index in [1.165, 1.54) is 12.1 Å². The molecule has 1 aliphatic rings. The lowest BCUT2D eigenvalue weighted by Crippen LogP contribution is -2.65. The van der Waals surface area contributed by atoms with Gasteiger partial charge in [0, 0.05) is 0 Å². The number of benzene rings is 1. The monoisotopic (exact) mass is 344 g/mol. The first-order chi connectivity index (χ1) is 10.5. The molecule has 0 N–H and O–H groups in total. The van der Waals surface area contributed by atoms with E-state index in [1.54, 1.807) is 18.2 Å². The molecule has 8 heteroatoms. The predicted octanol–water partition coefficient (Wildman–Crippen LogP) is 5.01. The highest BCUT2D eigenvalue weighted by Crippen LogP contribution is 2.48. The number of rotatable bonds is 4. The Labute approximate surface area is 129 Å². The Balaban J connectivity index is 2.39. The van der Waals surface area contributed by atoms with E-state index in [4.69, 9.17) is 0 Å². The molecule has 0 unspecified atom stereocenters. The van der Waals surface area contributed by atoms with Crippen LogP contribution in [0, 0.1) is 0 Å². The zero-order valence-corrected chi connectivity index (χ0v) is 12.2. The highest BCUT2D eigenvalue weighted by Gasteiger charge is 2.75. The Morgan fingerprint density at radius 3 is 1.78 bits per heavy atom. The number of piperidine rings is 1. The molecule has 0 aromatic heterocycles. The summed E-state index contributed by atoms with van der Waals surface area (Å²) in [5.41, 5.74) is 0.338. The Bertz CT molecular complexity index is 518. The minimum atomic E-state index is -6.28. The van der Waals surface area contributed by atoms with Crippen molar-refractivity contribution in [1.82, 2.24) is 4.48 Å². The van der Waals surface area contributed by atoms with Crippen LogP contribution in [0.3, 0.4) is 0 Å². The van der Waals surface area contributed by atoms with Crippen molar-refractivity contribution >= 4 is 5.69 Å². The van der Waals surface area contributed by atoms with E-state index in [2.05, 4.69) is 0 Å². The highest BCUT2D eigenvalue weighted by molar-refractivity contribution is 5.43. The molecule has 130 valence electrons. The van der Waals surface area contributed by atoms with Crippen LogP contribution in [0.5, 0.6) is 0 Å². The molecular formula is C15H17F7N+. The lowest BCUT2D eigenvalue weighted by molar-refractivity contribution is -0.356. The van der Waals surface area contributed by atoms with Gasteiger partial charge in [-0.3, -0.25) is 4.48 Å². The lowest BCUT2D eigenvalue weighted by Gasteiger charge is -2.44. The number of para-hydroxylation sites is 1. The minimum absolute atomic E-state index is 0.119. The van der Waals surface area contributed by atoms with E-state index in [0.29, 0.717) is 18.5 Å². The van der Waals surface area contributed by atoms with Gasteiger partial charge in [-0.05, 0) is 31.4 Å². The standard InChI is InChI=1S/C15H17F7N/c16-13(17,14(18,19)15(20,21)22)11-23(9-5-2-6-10-23)12-7-3-1-4-8-12/h1,3-4,7-8H,2,5-6,9-11H2/q+1. The summed E-state index contributed by atoms with van der Waals surface area (Å²) in [6.45, 7) is -1.33. The molecule has 1 aromatic rings. The maximum atomic E-state index is 13.9. The van der Waals surface area contributed by atoms with Gasteiger partial charge in [0.05, 0.1) is 13.1 Å². The first-order valence-electron chi connectivity index (χ1n) is 7.26. The summed E-state index contributed by atoms with van der Waals surface area (Å²) in [6.07, 6.45) is -4.54. The zero-order valence-electron chi connectivity index (χ0n) is 12.2. The van der Waals surface area contributed by atoms with Gasteiger partial charge in [-0.25, -0.2) is 0 Å². The predicted molar refractivity (Wildman–Crippen MR) is 72.6 cm³/mol.